The third-order valence-corrected chi connectivity index (χ3v) is 4.48. The number of hydrogen-bond donors (Lipinski definition) is 1. The first kappa shape index (κ1) is 16.8. The molecule has 1 aromatic heterocycles. The SMILES string of the molecule is COCCNC(=O)/C=C/c1cc(C)n(C2CCCCC2)c1C. The van der Waals surface area contributed by atoms with Crippen LogP contribution in [0, 0.1) is 13.8 Å². The average Bonchev–Trinajstić information content (AvgIpc) is 2.80. The summed E-state index contributed by atoms with van der Waals surface area (Å²) >= 11 is 0. The lowest BCUT2D eigenvalue weighted by Crippen LogP contribution is -2.24. The highest BCUT2D eigenvalue weighted by molar-refractivity contribution is 5.91. The first-order valence-electron chi connectivity index (χ1n) is 8.26. The van der Waals surface area contributed by atoms with Gasteiger partial charge in [0.1, 0.15) is 0 Å². The van der Waals surface area contributed by atoms with Crippen molar-refractivity contribution in [3.8, 4) is 0 Å². The lowest BCUT2D eigenvalue weighted by atomic mass is 9.95. The highest BCUT2D eigenvalue weighted by atomic mass is 16.5. The van der Waals surface area contributed by atoms with Gasteiger partial charge >= 0.3 is 0 Å². The minimum Gasteiger partial charge on any atom is -0.383 e. The Morgan fingerprint density at radius 3 is 2.77 bits per heavy atom. The van der Waals surface area contributed by atoms with Crippen LogP contribution >= 0.6 is 0 Å². The number of carbonyl (C=O) groups excluding carboxylic acids is 1. The maximum atomic E-state index is 11.7. The van der Waals surface area contributed by atoms with Gasteiger partial charge in [0, 0.05) is 37.2 Å². The molecule has 1 heterocycles. The van der Waals surface area contributed by atoms with Crippen LogP contribution in [0.3, 0.4) is 0 Å². The van der Waals surface area contributed by atoms with E-state index in [1.165, 1.54) is 43.5 Å². The number of ether oxygens (including phenoxy) is 1. The van der Waals surface area contributed by atoms with E-state index in [-0.39, 0.29) is 5.91 Å². The van der Waals surface area contributed by atoms with Crippen LogP contribution in [0.2, 0.25) is 0 Å². The fourth-order valence-electron chi connectivity index (χ4n) is 3.37. The summed E-state index contributed by atoms with van der Waals surface area (Å²) < 4.78 is 7.38. The molecule has 0 bridgehead atoms. The van der Waals surface area contributed by atoms with Crippen molar-refractivity contribution in [3.63, 3.8) is 0 Å². The third-order valence-electron chi connectivity index (χ3n) is 4.48. The molecule has 0 aliphatic heterocycles. The van der Waals surface area contributed by atoms with Gasteiger partial charge in [0.05, 0.1) is 6.61 Å². The highest BCUT2D eigenvalue weighted by Crippen LogP contribution is 2.32. The molecular formula is C18H28N2O2. The van der Waals surface area contributed by atoms with Gasteiger partial charge in [0.15, 0.2) is 0 Å². The summed E-state index contributed by atoms with van der Waals surface area (Å²) in [4.78, 5) is 11.7. The van der Waals surface area contributed by atoms with Gasteiger partial charge in [-0.25, -0.2) is 0 Å². The number of aryl methyl sites for hydroxylation is 1. The molecule has 1 aliphatic carbocycles. The van der Waals surface area contributed by atoms with Crippen molar-refractivity contribution in [1.82, 2.24) is 9.88 Å². The number of hydrogen-bond acceptors (Lipinski definition) is 2. The van der Waals surface area contributed by atoms with Gasteiger partial charge in [-0.3, -0.25) is 4.79 Å². The van der Waals surface area contributed by atoms with Gasteiger partial charge < -0.3 is 14.6 Å². The van der Waals surface area contributed by atoms with E-state index in [4.69, 9.17) is 4.74 Å². The minimum absolute atomic E-state index is 0.0699. The minimum atomic E-state index is -0.0699. The molecule has 122 valence electrons. The van der Waals surface area contributed by atoms with Crippen molar-refractivity contribution in [2.24, 2.45) is 0 Å². The molecule has 4 heteroatoms. The fraction of sp³-hybridized carbons (Fsp3) is 0.611. The number of carbonyl (C=O) groups is 1. The molecule has 22 heavy (non-hydrogen) atoms. The lowest BCUT2D eigenvalue weighted by Gasteiger charge is -2.26. The first-order valence-corrected chi connectivity index (χ1v) is 8.26. The predicted octanol–water partition coefficient (Wildman–Crippen LogP) is 3.39. The summed E-state index contributed by atoms with van der Waals surface area (Å²) in [7, 11) is 1.63. The zero-order valence-corrected chi connectivity index (χ0v) is 14.0. The number of aromatic nitrogens is 1. The van der Waals surface area contributed by atoms with Gasteiger partial charge in [0.2, 0.25) is 5.91 Å². The molecular weight excluding hydrogens is 276 g/mol. The largest absolute Gasteiger partial charge is 0.383 e. The van der Waals surface area contributed by atoms with Crippen LogP contribution in [0.1, 0.15) is 55.1 Å². The van der Waals surface area contributed by atoms with E-state index in [9.17, 15) is 4.79 Å². The molecule has 4 nitrogen and oxygen atoms in total. The van der Waals surface area contributed by atoms with Gasteiger partial charge in [-0.1, -0.05) is 19.3 Å². The Morgan fingerprint density at radius 1 is 1.36 bits per heavy atom. The third kappa shape index (κ3) is 4.23. The van der Waals surface area contributed by atoms with Crippen LogP contribution in [0.15, 0.2) is 12.1 Å². The summed E-state index contributed by atoms with van der Waals surface area (Å²) in [6.45, 7) is 5.40. The number of nitrogens with zero attached hydrogens (tertiary/aromatic N) is 1. The molecule has 0 atom stereocenters. The average molecular weight is 304 g/mol. The zero-order valence-electron chi connectivity index (χ0n) is 14.0. The van der Waals surface area contributed by atoms with Crippen molar-refractivity contribution in [2.45, 2.75) is 52.0 Å². The van der Waals surface area contributed by atoms with Crippen LogP contribution in [-0.4, -0.2) is 30.7 Å². The Hall–Kier alpha value is -1.55. The molecule has 0 saturated heterocycles. The Morgan fingerprint density at radius 2 is 2.09 bits per heavy atom. The van der Waals surface area contributed by atoms with E-state index < -0.39 is 0 Å². The number of nitrogens with one attached hydrogen (secondary N) is 1. The van der Waals surface area contributed by atoms with Crippen LogP contribution < -0.4 is 5.32 Å². The van der Waals surface area contributed by atoms with Crippen molar-refractivity contribution in [1.29, 1.82) is 0 Å². The van der Waals surface area contributed by atoms with E-state index in [1.54, 1.807) is 13.2 Å². The van der Waals surface area contributed by atoms with E-state index in [0.717, 1.165) is 5.56 Å². The predicted molar refractivity (Wildman–Crippen MR) is 89.9 cm³/mol. The molecule has 2 rings (SSSR count). The molecule has 1 aromatic rings. The summed E-state index contributed by atoms with van der Waals surface area (Å²) in [5, 5.41) is 2.80. The van der Waals surface area contributed by atoms with Crippen LogP contribution in [0.25, 0.3) is 6.08 Å². The normalized spacial score (nSPS) is 16.3. The number of rotatable bonds is 6. The van der Waals surface area contributed by atoms with Gasteiger partial charge in [-0.2, -0.15) is 0 Å². The van der Waals surface area contributed by atoms with E-state index >= 15 is 0 Å². The van der Waals surface area contributed by atoms with Crippen LogP contribution in [0.4, 0.5) is 0 Å². The van der Waals surface area contributed by atoms with Crippen molar-refractivity contribution in [2.75, 3.05) is 20.3 Å². The first-order chi connectivity index (χ1) is 10.6. The van der Waals surface area contributed by atoms with Crippen LogP contribution in [-0.2, 0) is 9.53 Å². The molecule has 1 fully saturated rings. The van der Waals surface area contributed by atoms with Gasteiger partial charge in [-0.05, 0) is 44.4 Å². The zero-order chi connectivity index (χ0) is 15.9. The summed E-state index contributed by atoms with van der Waals surface area (Å²) in [6.07, 6.45) is 10.1. The second-order valence-electron chi connectivity index (χ2n) is 6.11. The van der Waals surface area contributed by atoms with Crippen molar-refractivity contribution in [3.05, 3.63) is 29.1 Å². The maximum absolute atomic E-state index is 11.7. The van der Waals surface area contributed by atoms with Gasteiger partial charge in [-0.15, -0.1) is 0 Å². The molecule has 0 spiro atoms. The summed E-state index contributed by atoms with van der Waals surface area (Å²) in [6, 6.07) is 2.81. The van der Waals surface area contributed by atoms with Gasteiger partial charge in [0.25, 0.3) is 0 Å². The van der Waals surface area contributed by atoms with E-state index in [1.807, 2.05) is 6.08 Å². The van der Waals surface area contributed by atoms with Crippen molar-refractivity contribution >= 4 is 12.0 Å². The summed E-state index contributed by atoms with van der Waals surface area (Å²) in [5.74, 6) is -0.0699. The molecule has 0 unspecified atom stereocenters. The Labute approximate surface area is 133 Å². The number of methoxy groups -OCH3 is 1. The Balaban J connectivity index is 2.04. The second kappa shape index (κ2) is 8.18. The fourth-order valence-corrected chi connectivity index (χ4v) is 3.37. The number of amides is 1. The monoisotopic (exact) mass is 304 g/mol. The smallest absolute Gasteiger partial charge is 0.244 e. The maximum Gasteiger partial charge on any atom is 0.244 e. The van der Waals surface area contributed by atoms with Crippen molar-refractivity contribution < 1.29 is 9.53 Å². The standard InChI is InChI=1S/C18H28N2O2/c1-14-13-16(9-10-18(21)19-11-12-22-3)15(2)20(14)17-7-5-4-6-8-17/h9-10,13,17H,4-8,11-12H2,1-3H3,(H,19,21)/b10-9+. The van der Waals surface area contributed by atoms with Crippen LogP contribution in [0.5, 0.6) is 0 Å². The molecule has 1 saturated carbocycles. The quantitative estimate of drug-likeness (QED) is 0.646. The topological polar surface area (TPSA) is 43.3 Å². The Kier molecular flexibility index (Phi) is 6.25. The molecule has 1 amide bonds. The lowest BCUT2D eigenvalue weighted by molar-refractivity contribution is -0.116. The summed E-state index contributed by atoms with van der Waals surface area (Å²) in [5.41, 5.74) is 3.71. The molecule has 1 N–H and O–H groups in total. The second-order valence-corrected chi connectivity index (χ2v) is 6.11. The molecule has 0 radical (unpaired) electrons. The Bertz CT molecular complexity index is 525. The van der Waals surface area contributed by atoms with E-state index in [0.29, 0.717) is 19.2 Å². The molecule has 0 aromatic carbocycles. The highest BCUT2D eigenvalue weighted by Gasteiger charge is 2.19. The van der Waals surface area contributed by atoms with E-state index in [2.05, 4.69) is 29.8 Å². The molecule has 1 aliphatic rings.